The number of allylic oxidation sites excluding steroid dienone is 2. The molecule has 1 aromatic heterocycles. The van der Waals surface area contributed by atoms with E-state index in [0.717, 1.165) is 44.5 Å². The molecule has 2 atom stereocenters. The van der Waals surface area contributed by atoms with Crippen molar-refractivity contribution in [2.75, 3.05) is 6.54 Å². The summed E-state index contributed by atoms with van der Waals surface area (Å²) in [4.78, 5) is 22.6. The van der Waals surface area contributed by atoms with Crippen molar-refractivity contribution in [1.82, 2.24) is 14.9 Å². The number of carbonyl (C=O) groups excluding carboxylic acids is 1. The maximum absolute atomic E-state index is 14.0. The number of amides is 1. The highest BCUT2D eigenvalue weighted by molar-refractivity contribution is 5.80. The first kappa shape index (κ1) is 16.1. The van der Waals surface area contributed by atoms with Gasteiger partial charge in [0.1, 0.15) is 11.6 Å². The van der Waals surface area contributed by atoms with Gasteiger partial charge in [-0.1, -0.05) is 24.3 Å². The SMILES string of the molecule is O=C([C@@H]1CC=CCC1)N1CCC[C@H]1c1ncc(-c2ccccc2F)[nH]1. The van der Waals surface area contributed by atoms with Crippen molar-refractivity contribution in [2.24, 2.45) is 5.92 Å². The summed E-state index contributed by atoms with van der Waals surface area (Å²) < 4.78 is 14.0. The summed E-state index contributed by atoms with van der Waals surface area (Å²) >= 11 is 0. The van der Waals surface area contributed by atoms with Crippen LogP contribution >= 0.6 is 0 Å². The monoisotopic (exact) mass is 339 g/mol. The summed E-state index contributed by atoms with van der Waals surface area (Å²) in [5, 5.41) is 0. The lowest BCUT2D eigenvalue weighted by Crippen LogP contribution is -2.36. The molecule has 1 saturated heterocycles. The van der Waals surface area contributed by atoms with Crippen molar-refractivity contribution in [3.63, 3.8) is 0 Å². The molecule has 25 heavy (non-hydrogen) atoms. The Morgan fingerprint density at radius 3 is 2.92 bits per heavy atom. The second kappa shape index (κ2) is 6.82. The number of aromatic amines is 1. The van der Waals surface area contributed by atoms with Crippen LogP contribution < -0.4 is 0 Å². The maximum Gasteiger partial charge on any atom is 0.226 e. The molecule has 0 radical (unpaired) electrons. The number of halogens is 1. The van der Waals surface area contributed by atoms with Gasteiger partial charge in [-0.15, -0.1) is 0 Å². The van der Waals surface area contributed by atoms with Crippen LogP contribution in [0, 0.1) is 11.7 Å². The van der Waals surface area contributed by atoms with Crippen LogP contribution in [0.5, 0.6) is 0 Å². The van der Waals surface area contributed by atoms with E-state index in [1.165, 1.54) is 6.07 Å². The number of rotatable bonds is 3. The number of benzene rings is 1. The van der Waals surface area contributed by atoms with Crippen LogP contribution in [-0.2, 0) is 4.79 Å². The molecule has 0 saturated carbocycles. The molecule has 2 aliphatic rings. The molecule has 2 heterocycles. The van der Waals surface area contributed by atoms with Gasteiger partial charge in [0.15, 0.2) is 0 Å². The zero-order valence-electron chi connectivity index (χ0n) is 14.1. The largest absolute Gasteiger partial charge is 0.340 e. The van der Waals surface area contributed by atoms with Crippen LogP contribution in [0.2, 0.25) is 0 Å². The molecule has 5 heteroatoms. The molecule has 1 fully saturated rings. The van der Waals surface area contributed by atoms with Crippen molar-refractivity contribution >= 4 is 5.91 Å². The smallest absolute Gasteiger partial charge is 0.226 e. The number of likely N-dealkylation sites (tertiary alicyclic amines) is 1. The summed E-state index contributed by atoms with van der Waals surface area (Å²) in [6, 6.07) is 6.63. The molecule has 0 spiro atoms. The molecular weight excluding hydrogens is 317 g/mol. The summed E-state index contributed by atoms with van der Waals surface area (Å²) in [5.41, 5.74) is 1.17. The number of hydrogen-bond acceptors (Lipinski definition) is 2. The number of hydrogen-bond donors (Lipinski definition) is 1. The van der Waals surface area contributed by atoms with E-state index in [-0.39, 0.29) is 23.7 Å². The molecule has 1 aliphatic heterocycles. The predicted molar refractivity (Wildman–Crippen MR) is 94.2 cm³/mol. The third kappa shape index (κ3) is 3.11. The topological polar surface area (TPSA) is 49.0 Å². The minimum absolute atomic E-state index is 0.0288. The highest BCUT2D eigenvalue weighted by Gasteiger charge is 2.35. The van der Waals surface area contributed by atoms with Crippen LogP contribution in [0.3, 0.4) is 0 Å². The number of nitrogens with zero attached hydrogens (tertiary/aromatic N) is 2. The molecule has 1 aliphatic carbocycles. The Hall–Kier alpha value is -2.43. The number of H-pyrrole nitrogens is 1. The molecule has 130 valence electrons. The molecule has 1 N–H and O–H groups in total. The second-order valence-corrected chi connectivity index (χ2v) is 6.83. The molecule has 4 rings (SSSR count). The minimum atomic E-state index is -0.272. The molecular formula is C20H22FN3O. The summed E-state index contributed by atoms with van der Waals surface area (Å²) in [6.45, 7) is 0.777. The average Bonchev–Trinajstić information content (AvgIpc) is 3.31. The first-order chi connectivity index (χ1) is 12.2. The third-order valence-electron chi connectivity index (χ3n) is 5.23. The predicted octanol–water partition coefficient (Wildman–Crippen LogP) is 4.24. The highest BCUT2D eigenvalue weighted by atomic mass is 19.1. The Morgan fingerprint density at radius 1 is 1.24 bits per heavy atom. The third-order valence-corrected chi connectivity index (χ3v) is 5.23. The lowest BCUT2D eigenvalue weighted by molar-refractivity contribution is -0.136. The fraction of sp³-hybridized carbons (Fsp3) is 0.400. The Labute approximate surface area is 146 Å². The number of nitrogens with one attached hydrogen (secondary N) is 1. The van der Waals surface area contributed by atoms with Crippen LogP contribution in [0.25, 0.3) is 11.3 Å². The van der Waals surface area contributed by atoms with Gasteiger partial charge in [0.25, 0.3) is 0 Å². The molecule has 1 aromatic carbocycles. The van der Waals surface area contributed by atoms with Gasteiger partial charge in [0.2, 0.25) is 5.91 Å². The first-order valence-electron chi connectivity index (χ1n) is 8.99. The van der Waals surface area contributed by atoms with E-state index in [1.54, 1.807) is 24.4 Å². The second-order valence-electron chi connectivity index (χ2n) is 6.83. The molecule has 0 bridgehead atoms. The molecule has 1 amide bonds. The van der Waals surface area contributed by atoms with E-state index in [4.69, 9.17) is 0 Å². The van der Waals surface area contributed by atoms with Crippen molar-refractivity contribution in [1.29, 1.82) is 0 Å². The van der Waals surface area contributed by atoms with E-state index < -0.39 is 0 Å². The Balaban J connectivity index is 1.56. The van der Waals surface area contributed by atoms with Crippen LogP contribution in [-0.4, -0.2) is 27.3 Å². The number of aromatic nitrogens is 2. The summed E-state index contributed by atoms with van der Waals surface area (Å²) in [5.74, 6) is 0.809. The van der Waals surface area contributed by atoms with Gasteiger partial charge in [-0.25, -0.2) is 9.37 Å². The van der Waals surface area contributed by atoms with E-state index in [9.17, 15) is 9.18 Å². The average molecular weight is 339 g/mol. The summed E-state index contributed by atoms with van der Waals surface area (Å²) in [6.07, 6.45) is 10.6. The molecule has 2 aromatic rings. The van der Waals surface area contributed by atoms with Crippen molar-refractivity contribution in [3.8, 4) is 11.3 Å². The number of carbonyl (C=O) groups is 1. The Bertz CT molecular complexity index is 798. The quantitative estimate of drug-likeness (QED) is 0.851. The van der Waals surface area contributed by atoms with E-state index >= 15 is 0 Å². The van der Waals surface area contributed by atoms with Gasteiger partial charge in [-0.3, -0.25) is 4.79 Å². The van der Waals surface area contributed by atoms with Crippen LogP contribution in [0.4, 0.5) is 4.39 Å². The van der Waals surface area contributed by atoms with Gasteiger partial charge in [0, 0.05) is 18.0 Å². The Morgan fingerprint density at radius 2 is 2.12 bits per heavy atom. The van der Waals surface area contributed by atoms with E-state index in [2.05, 4.69) is 22.1 Å². The molecule has 4 nitrogen and oxygen atoms in total. The van der Waals surface area contributed by atoms with Gasteiger partial charge < -0.3 is 9.88 Å². The first-order valence-corrected chi connectivity index (χ1v) is 8.99. The van der Waals surface area contributed by atoms with Gasteiger partial charge >= 0.3 is 0 Å². The fourth-order valence-corrected chi connectivity index (χ4v) is 3.89. The standard InChI is InChI=1S/C20H22FN3O/c21-16-10-5-4-9-15(16)17-13-22-19(23-17)18-11-6-12-24(18)20(25)14-7-2-1-3-8-14/h1-2,4-5,9-10,13-14,18H,3,6-8,11-12H2,(H,22,23)/t14-,18+/m1/s1. The lowest BCUT2D eigenvalue weighted by atomic mass is 9.93. The van der Waals surface area contributed by atoms with Crippen molar-refractivity contribution in [3.05, 3.63) is 54.3 Å². The zero-order chi connectivity index (χ0) is 17.2. The van der Waals surface area contributed by atoms with Crippen LogP contribution in [0.15, 0.2) is 42.6 Å². The zero-order valence-corrected chi connectivity index (χ0v) is 14.1. The van der Waals surface area contributed by atoms with E-state index in [1.807, 2.05) is 4.90 Å². The normalized spacial score (nSPS) is 23.2. The number of imidazole rings is 1. The molecule has 0 unspecified atom stereocenters. The van der Waals surface area contributed by atoms with Gasteiger partial charge in [-0.05, 0) is 44.2 Å². The lowest BCUT2D eigenvalue weighted by Gasteiger charge is -2.28. The van der Waals surface area contributed by atoms with E-state index in [0.29, 0.717) is 11.3 Å². The van der Waals surface area contributed by atoms with Gasteiger partial charge in [0.05, 0.1) is 17.9 Å². The van der Waals surface area contributed by atoms with Crippen molar-refractivity contribution < 1.29 is 9.18 Å². The van der Waals surface area contributed by atoms with Crippen molar-refractivity contribution in [2.45, 2.75) is 38.1 Å². The van der Waals surface area contributed by atoms with Gasteiger partial charge in [-0.2, -0.15) is 0 Å². The fourth-order valence-electron chi connectivity index (χ4n) is 3.89. The highest BCUT2D eigenvalue weighted by Crippen LogP contribution is 2.34. The maximum atomic E-state index is 14.0. The van der Waals surface area contributed by atoms with Crippen LogP contribution in [0.1, 0.15) is 44.0 Å². The Kier molecular flexibility index (Phi) is 4.38. The minimum Gasteiger partial charge on any atom is -0.340 e. The summed E-state index contributed by atoms with van der Waals surface area (Å²) in [7, 11) is 0.